The Bertz CT molecular complexity index is 6.00. The van der Waals surface area contributed by atoms with Crippen molar-refractivity contribution in [2.45, 2.75) is 0 Å². The minimum atomic E-state index is -0.972. The van der Waals surface area contributed by atoms with Crippen LogP contribution >= 0.6 is 16.6 Å². The standard InChI is InChI=1S/Ca.2ClH.Pb/h;2*1H;/q;;;+2/p-2. The van der Waals surface area contributed by atoms with E-state index in [1.54, 1.807) is 0 Å². The number of hydrogen-bond donors (Lipinski definition) is 0. The second-order valence-electron chi connectivity index (χ2n) is 0.0714. The van der Waals surface area contributed by atoms with Crippen molar-refractivity contribution in [3.05, 3.63) is 0 Å². The Morgan fingerprint density at radius 2 is 1.25 bits per heavy atom. The van der Waals surface area contributed by atoms with Gasteiger partial charge in [0.05, 0.1) is 0 Å². The molecule has 0 bridgehead atoms. The van der Waals surface area contributed by atoms with Crippen molar-refractivity contribution in [1.82, 2.24) is 0 Å². The second-order valence-corrected chi connectivity index (χ2v) is 5.64. The molecule has 20 valence electrons. The van der Waals surface area contributed by atoms with Gasteiger partial charge in [-0.05, 0) is 0 Å². The van der Waals surface area contributed by atoms with E-state index in [1.165, 1.54) is 0 Å². The molecule has 4 heteroatoms. The van der Waals surface area contributed by atoms with Crippen LogP contribution in [0, 0.1) is 0 Å². The quantitative estimate of drug-likeness (QED) is 0.575. The van der Waals surface area contributed by atoms with E-state index in [0.717, 1.165) is 0 Å². The zero-order chi connectivity index (χ0) is 2.71. The first-order chi connectivity index (χ1) is 1.41. The van der Waals surface area contributed by atoms with E-state index < -0.39 is 21.8 Å². The van der Waals surface area contributed by atoms with Crippen molar-refractivity contribution in [3.8, 4) is 0 Å². The summed E-state index contributed by atoms with van der Waals surface area (Å²) in [7, 11) is 9.92. The van der Waals surface area contributed by atoms with Gasteiger partial charge in [0.2, 0.25) is 0 Å². The molecule has 0 saturated heterocycles. The third kappa shape index (κ3) is 8.83. The molecule has 0 fully saturated rings. The van der Waals surface area contributed by atoms with E-state index in [1.807, 2.05) is 0 Å². The van der Waals surface area contributed by atoms with E-state index in [0.29, 0.717) is 0 Å². The Hall–Kier alpha value is 2.76. The van der Waals surface area contributed by atoms with Crippen LogP contribution in [0.4, 0.5) is 0 Å². The summed E-state index contributed by atoms with van der Waals surface area (Å²) in [6.07, 6.45) is 0. The fraction of sp³-hybridized carbons (Fsp3) is 0. The maximum atomic E-state index is 4.96. The van der Waals surface area contributed by atoms with E-state index in [2.05, 4.69) is 0 Å². The maximum absolute atomic E-state index is 4.96. The average Bonchev–Trinajstić information content (AvgIpc) is 0.918. The van der Waals surface area contributed by atoms with Gasteiger partial charge in [0.25, 0.3) is 0 Å². The van der Waals surface area contributed by atoms with Crippen LogP contribution in [0.2, 0.25) is 0 Å². The fourth-order valence-corrected chi connectivity index (χ4v) is 0. The van der Waals surface area contributed by atoms with Crippen LogP contribution < -0.4 is 0 Å². The second kappa shape index (κ2) is 9.23. The number of hydrogen-bond acceptors (Lipinski definition) is 0. The Balaban J connectivity index is 0. The van der Waals surface area contributed by atoms with Crippen LogP contribution in [0.1, 0.15) is 0 Å². The molecule has 0 rings (SSSR count). The van der Waals surface area contributed by atoms with Crippen LogP contribution in [0.5, 0.6) is 0 Å². The topological polar surface area (TPSA) is 0 Å². The fourth-order valence-electron chi connectivity index (χ4n) is 0. The first kappa shape index (κ1) is 9.90. The van der Waals surface area contributed by atoms with Gasteiger partial charge in [-0.25, -0.2) is 0 Å². The molecule has 0 unspecified atom stereocenters. The van der Waals surface area contributed by atoms with Gasteiger partial charge < -0.3 is 0 Å². The third-order valence-electron chi connectivity index (χ3n) is 0. The summed E-state index contributed by atoms with van der Waals surface area (Å²) in [6.45, 7) is 0. The monoisotopic (exact) mass is 318 g/mol. The van der Waals surface area contributed by atoms with Gasteiger partial charge in [-0.2, -0.15) is 0 Å². The molecular weight excluding hydrogens is 318 g/mol. The Morgan fingerprint density at radius 3 is 1.25 bits per heavy atom. The van der Waals surface area contributed by atoms with Crippen molar-refractivity contribution in [2.24, 2.45) is 0 Å². The first-order valence-corrected chi connectivity index (χ1v) is 9.95. The van der Waals surface area contributed by atoms with Gasteiger partial charge >= 0.3 is 38.4 Å². The molecule has 0 saturated carbocycles. The van der Waals surface area contributed by atoms with Gasteiger partial charge in [0.1, 0.15) is 0 Å². The predicted molar refractivity (Wildman–Crippen MR) is 23.2 cm³/mol. The molecule has 0 atom stereocenters. The van der Waals surface area contributed by atoms with Gasteiger partial charge in [-0.15, -0.1) is 0 Å². The molecule has 0 aromatic heterocycles. The zero-order valence-corrected chi connectivity index (χ0v) is 9.57. The van der Waals surface area contributed by atoms with Crippen LogP contribution in [0.3, 0.4) is 0 Å². The molecule has 0 amide bonds. The number of rotatable bonds is 0. The molecule has 0 nitrogen and oxygen atoms in total. The summed E-state index contributed by atoms with van der Waals surface area (Å²) in [4.78, 5) is 0. The van der Waals surface area contributed by atoms with Crippen molar-refractivity contribution < 1.29 is 0 Å². The average molecular weight is 318 g/mol. The Labute approximate surface area is 74.4 Å². The summed E-state index contributed by atoms with van der Waals surface area (Å²) in [5.74, 6) is 0. The molecule has 0 aliphatic heterocycles. The summed E-state index contributed by atoms with van der Waals surface area (Å²) >= 11 is -0.972. The van der Waals surface area contributed by atoms with Crippen LogP contribution in [-0.2, 0) is 0 Å². The molecule has 0 spiro atoms. The molecule has 4 radical (unpaired) electrons. The molecule has 0 aromatic carbocycles. The van der Waals surface area contributed by atoms with Gasteiger partial charge in [-0.1, -0.05) is 0 Å². The van der Waals surface area contributed by atoms with E-state index in [-0.39, 0.29) is 37.7 Å². The Morgan fingerprint density at radius 1 is 1.25 bits per heavy atom. The zero-order valence-electron chi connectivity index (χ0n) is 1.96. The number of halogens is 2. The van der Waals surface area contributed by atoms with E-state index in [4.69, 9.17) is 16.6 Å². The molecule has 0 aromatic rings. The van der Waals surface area contributed by atoms with Crippen molar-refractivity contribution in [3.63, 3.8) is 0 Å². The normalized spacial score (nSPS) is 4.50. The van der Waals surface area contributed by atoms with Gasteiger partial charge in [0, 0.05) is 37.7 Å². The van der Waals surface area contributed by atoms with Gasteiger partial charge in [0.15, 0.2) is 0 Å². The van der Waals surface area contributed by atoms with Gasteiger partial charge in [-0.3, -0.25) is 0 Å². The molecule has 0 aliphatic carbocycles. The summed E-state index contributed by atoms with van der Waals surface area (Å²) in [5, 5.41) is 0. The van der Waals surface area contributed by atoms with Crippen molar-refractivity contribution in [2.75, 3.05) is 0 Å². The van der Waals surface area contributed by atoms with Crippen LogP contribution in [0.25, 0.3) is 0 Å². The molecule has 0 aliphatic rings. The van der Waals surface area contributed by atoms with Crippen molar-refractivity contribution >= 4 is 76.2 Å². The molecular formula is CaCl2Pb. The van der Waals surface area contributed by atoms with Crippen LogP contribution in [0.15, 0.2) is 0 Å². The molecule has 0 heterocycles. The summed E-state index contributed by atoms with van der Waals surface area (Å²) in [5.41, 5.74) is 0. The molecule has 0 N–H and O–H groups in total. The summed E-state index contributed by atoms with van der Waals surface area (Å²) in [6, 6.07) is 0. The van der Waals surface area contributed by atoms with Crippen LogP contribution in [-0.4, -0.2) is 59.5 Å². The predicted octanol–water partition coefficient (Wildman–Crippen LogP) is 0.617. The molecule has 4 heavy (non-hydrogen) atoms. The van der Waals surface area contributed by atoms with E-state index in [9.17, 15) is 0 Å². The SMILES string of the molecule is [Ca].[Cl][Pb][Cl]. The Kier molecular flexibility index (Phi) is 22.9. The summed E-state index contributed by atoms with van der Waals surface area (Å²) < 4.78 is 0. The first-order valence-electron chi connectivity index (χ1n) is 0.378. The third-order valence-corrected chi connectivity index (χ3v) is 0. The van der Waals surface area contributed by atoms with Crippen molar-refractivity contribution in [1.29, 1.82) is 0 Å². The minimum absolute atomic E-state index is 0. The van der Waals surface area contributed by atoms with E-state index >= 15 is 0 Å².